The lowest BCUT2D eigenvalue weighted by Gasteiger charge is -2.59. The second-order valence-electron chi connectivity index (χ2n) is 8.64. The van der Waals surface area contributed by atoms with Crippen LogP contribution in [0.1, 0.15) is 54.9 Å². The highest BCUT2D eigenvalue weighted by molar-refractivity contribution is 5.25. The smallest absolute Gasteiger partial charge is 0.0225 e. The lowest BCUT2D eigenvalue weighted by Crippen LogP contribution is -2.61. The zero-order valence-electron chi connectivity index (χ0n) is 14.7. The number of likely N-dealkylation sites (tertiary alicyclic amines) is 1. The highest BCUT2D eigenvalue weighted by Gasteiger charge is 2.54. The summed E-state index contributed by atoms with van der Waals surface area (Å²) in [6.45, 7) is 17.7. The zero-order valence-corrected chi connectivity index (χ0v) is 14.7. The molecular formula is C19H33N. The number of rotatable bonds is 3. The van der Waals surface area contributed by atoms with E-state index in [9.17, 15) is 0 Å². The van der Waals surface area contributed by atoms with E-state index in [1.54, 1.807) is 5.57 Å². The minimum atomic E-state index is 0.331. The molecule has 2 fully saturated rings. The Morgan fingerprint density at radius 2 is 1.75 bits per heavy atom. The van der Waals surface area contributed by atoms with Gasteiger partial charge in [0, 0.05) is 18.0 Å². The molecule has 0 amide bonds. The highest BCUT2D eigenvalue weighted by Crippen LogP contribution is 2.62. The molecule has 0 spiro atoms. The van der Waals surface area contributed by atoms with Crippen LogP contribution in [0.25, 0.3) is 0 Å². The van der Waals surface area contributed by atoms with Crippen LogP contribution in [0.2, 0.25) is 0 Å². The first-order chi connectivity index (χ1) is 9.04. The molecule has 114 valence electrons. The van der Waals surface area contributed by atoms with E-state index in [0.717, 1.165) is 0 Å². The lowest BCUT2D eigenvalue weighted by atomic mass is 9.45. The molecule has 2 aliphatic rings. The fourth-order valence-electron chi connectivity index (χ4n) is 4.96. The van der Waals surface area contributed by atoms with Gasteiger partial charge in [-0.15, -0.1) is 0 Å². The van der Waals surface area contributed by atoms with Crippen LogP contribution in [-0.4, -0.2) is 24.0 Å². The maximum atomic E-state index is 2.54. The van der Waals surface area contributed by atoms with Gasteiger partial charge in [-0.05, 0) is 57.9 Å². The van der Waals surface area contributed by atoms with Gasteiger partial charge in [-0.2, -0.15) is 0 Å². The molecule has 3 atom stereocenters. The fraction of sp³-hybridized carbons (Fsp3) is 0.789. The summed E-state index contributed by atoms with van der Waals surface area (Å²) >= 11 is 0. The average molecular weight is 275 g/mol. The molecule has 0 N–H and O–H groups in total. The van der Waals surface area contributed by atoms with Crippen molar-refractivity contribution in [2.45, 2.75) is 60.4 Å². The predicted molar refractivity (Wildman–Crippen MR) is 88.8 cm³/mol. The van der Waals surface area contributed by atoms with Gasteiger partial charge >= 0.3 is 0 Å². The van der Waals surface area contributed by atoms with Crippen molar-refractivity contribution in [2.24, 2.45) is 22.7 Å². The van der Waals surface area contributed by atoms with E-state index in [2.05, 4.69) is 78.6 Å². The number of hydrogen-bond acceptors (Lipinski definition) is 1. The largest absolute Gasteiger partial charge is 0.300 e. The highest BCUT2D eigenvalue weighted by atomic mass is 15.2. The molecular weight excluding hydrogens is 242 g/mol. The third-order valence-electron chi connectivity index (χ3n) is 6.26. The molecule has 1 heterocycles. The zero-order chi connectivity index (χ0) is 15.3. The Balaban J connectivity index is 2.13. The van der Waals surface area contributed by atoms with Crippen LogP contribution >= 0.6 is 0 Å². The second-order valence-corrected chi connectivity index (χ2v) is 8.64. The summed E-state index contributed by atoms with van der Waals surface area (Å²) in [6, 6.07) is 0. The summed E-state index contributed by atoms with van der Waals surface area (Å²) in [5.41, 5.74) is 2.68. The van der Waals surface area contributed by atoms with Crippen molar-refractivity contribution >= 4 is 0 Å². The monoisotopic (exact) mass is 275 g/mol. The summed E-state index contributed by atoms with van der Waals surface area (Å²) in [5.74, 6) is 1.40. The molecule has 0 bridgehead atoms. The van der Waals surface area contributed by atoms with Gasteiger partial charge < -0.3 is 0 Å². The van der Waals surface area contributed by atoms with Crippen LogP contribution < -0.4 is 0 Å². The summed E-state index contributed by atoms with van der Waals surface area (Å²) < 4.78 is 0. The van der Waals surface area contributed by atoms with E-state index < -0.39 is 0 Å². The van der Waals surface area contributed by atoms with Gasteiger partial charge in [-0.3, -0.25) is 4.90 Å². The molecule has 3 unspecified atom stereocenters. The van der Waals surface area contributed by atoms with Crippen molar-refractivity contribution in [3.63, 3.8) is 0 Å². The molecule has 0 aromatic heterocycles. The average Bonchev–Trinajstić information content (AvgIpc) is 2.32. The first kappa shape index (κ1) is 15.8. The van der Waals surface area contributed by atoms with Gasteiger partial charge in [0.2, 0.25) is 0 Å². The van der Waals surface area contributed by atoms with Crippen LogP contribution in [0.3, 0.4) is 0 Å². The van der Waals surface area contributed by atoms with Gasteiger partial charge in [0.25, 0.3) is 0 Å². The molecule has 1 saturated heterocycles. The topological polar surface area (TPSA) is 3.24 Å². The molecule has 20 heavy (non-hydrogen) atoms. The van der Waals surface area contributed by atoms with E-state index in [1.807, 2.05) is 0 Å². The van der Waals surface area contributed by atoms with E-state index in [-0.39, 0.29) is 0 Å². The number of hydrogen-bond donors (Lipinski definition) is 0. The Morgan fingerprint density at radius 3 is 2.15 bits per heavy atom. The molecule has 2 rings (SSSR count). The summed E-state index contributed by atoms with van der Waals surface area (Å²) in [7, 11) is 2.23. The third kappa shape index (κ3) is 2.28. The molecule has 1 aliphatic heterocycles. The molecule has 1 nitrogen and oxygen atoms in total. The maximum absolute atomic E-state index is 2.54. The first-order valence-electron chi connectivity index (χ1n) is 8.08. The number of nitrogens with zero attached hydrogens (tertiary/aromatic N) is 1. The fourth-order valence-corrected chi connectivity index (χ4v) is 4.96. The number of allylic oxidation sites excluding steroid dienone is 3. The molecule has 1 heteroatoms. The standard InChI is InChI=1S/C19H33N/c1-9-14(2)16-17(3,4)13-19(16,7)11-10-15-12-20(8)18(15,5)6/h9-11,15-16H,12-13H2,1-8H3. The Hall–Kier alpha value is -0.560. The van der Waals surface area contributed by atoms with Gasteiger partial charge in [-0.1, -0.05) is 44.6 Å². The van der Waals surface area contributed by atoms with Crippen molar-refractivity contribution in [3.8, 4) is 0 Å². The van der Waals surface area contributed by atoms with E-state index >= 15 is 0 Å². The lowest BCUT2D eigenvalue weighted by molar-refractivity contribution is -0.0358. The van der Waals surface area contributed by atoms with E-state index in [1.165, 1.54) is 13.0 Å². The normalized spacial score (nSPS) is 40.5. The van der Waals surface area contributed by atoms with E-state index in [4.69, 9.17) is 0 Å². The van der Waals surface area contributed by atoms with Crippen molar-refractivity contribution in [1.82, 2.24) is 4.90 Å². The van der Waals surface area contributed by atoms with Crippen LogP contribution in [0.5, 0.6) is 0 Å². The third-order valence-corrected chi connectivity index (χ3v) is 6.26. The van der Waals surface area contributed by atoms with Gasteiger partial charge in [0.15, 0.2) is 0 Å². The molecule has 0 aromatic carbocycles. The Labute approximate surface area is 126 Å². The minimum Gasteiger partial charge on any atom is -0.300 e. The predicted octanol–water partition coefficient (Wildman–Crippen LogP) is 4.90. The summed E-state index contributed by atoms with van der Waals surface area (Å²) in [4.78, 5) is 2.45. The molecule has 0 radical (unpaired) electrons. The molecule has 0 aromatic rings. The molecule has 1 aliphatic carbocycles. The van der Waals surface area contributed by atoms with Crippen molar-refractivity contribution in [3.05, 3.63) is 23.8 Å². The van der Waals surface area contributed by atoms with Crippen LogP contribution in [0.15, 0.2) is 23.8 Å². The van der Waals surface area contributed by atoms with Crippen molar-refractivity contribution < 1.29 is 0 Å². The Morgan fingerprint density at radius 1 is 1.15 bits per heavy atom. The molecule has 1 saturated carbocycles. The van der Waals surface area contributed by atoms with Gasteiger partial charge in [-0.25, -0.2) is 0 Å². The Kier molecular flexibility index (Phi) is 3.74. The second kappa shape index (κ2) is 4.73. The maximum Gasteiger partial charge on any atom is 0.0225 e. The first-order valence-corrected chi connectivity index (χ1v) is 8.08. The Bertz CT molecular complexity index is 441. The van der Waals surface area contributed by atoms with Crippen LogP contribution in [0, 0.1) is 22.7 Å². The van der Waals surface area contributed by atoms with Gasteiger partial charge in [0.05, 0.1) is 0 Å². The van der Waals surface area contributed by atoms with Gasteiger partial charge in [0.1, 0.15) is 0 Å². The SMILES string of the molecule is CC=C(C)C1C(C)(C)CC1(C)C=CC1CN(C)C1(C)C. The minimum absolute atomic E-state index is 0.331. The van der Waals surface area contributed by atoms with Crippen LogP contribution in [-0.2, 0) is 0 Å². The van der Waals surface area contributed by atoms with Crippen LogP contribution in [0.4, 0.5) is 0 Å². The van der Waals surface area contributed by atoms with Crippen molar-refractivity contribution in [1.29, 1.82) is 0 Å². The quantitative estimate of drug-likeness (QED) is 0.662. The van der Waals surface area contributed by atoms with Crippen molar-refractivity contribution in [2.75, 3.05) is 13.6 Å². The summed E-state index contributed by atoms with van der Waals surface area (Å²) in [6.07, 6.45) is 8.65. The van der Waals surface area contributed by atoms with E-state index in [0.29, 0.717) is 28.2 Å². The summed E-state index contributed by atoms with van der Waals surface area (Å²) in [5, 5.41) is 0.